The van der Waals surface area contributed by atoms with Gasteiger partial charge in [-0.05, 0) is 285 Å². The number of aryl methyl sites for hydroxylation is 2. The highest BCUT2D eigenvalue weighted by Gasteiger charge is 2.56. The minimum Gasteiger partial charge on any atom is -0.457 e. The lowest BCUT2D eigenvalue weighted by atomic mass is 9.62. The SMILES string of the molecule is C=Cc1ccc(Oc2ccc(C3(c4c(F)cccc4F)c4ccccc4-c4ccc(N(c5ccc(F)cc5)c5ccc(-c6cc(CCCCCC)c(C7=CCC(N(C8=CC=C9c%10ccccc%10C(c%10ccc(Oc%11ccc(C=C)cc%11)cc%10)(c%10c(F)cccc%10F)C9C8)c8ccc(F)cc8)C=C7)cc6CCCCCC)cc5)cc43)cc2)cc1. The van der Waals surface area contributed by atoms with Gasteiger partial charge in [0.2, 0.25) is 0 Å². The van der Waals surface area contributed by atoms with Gasteiger partial charge in [0.05, 0.1) is 16.9 Å². The van der Waals surface area contributed by atoms with Crippen LogP contribution in [0.25, 0.3) is 45.6 Å². The molecule has 0 bridgehead atoms. The summed E-state index contributed by atoms with van der Waals surface area (Å²) >= 11 is 0. The van der Waals surface area contributed by atoms with Gasteiger partial charge >= 0.3 is 0 Å². The molecule has 4 unspecified atom stereocenters. The average Bonchev–Trinajstić information content (AvgIpc) is 1.52. The Bertz CT molecular complexity index is 5990. The molecule has 0 spiro atoms. The summed E-state index contributed by atoms with van der Waals surface area (Å²) in [5, 5.41) is 0. The zero-order chi connectivity index (χ0) is 81.0. The van der Waals surface area contributed by atoms with Crippen LogP contribution >= 0.6 is 0 Å². The van der Waals surface area contributed by atoms with Gasteiger partial charge in [-0.1, -0.05) is 242 Å². The number of ether oxygens (including phenoxy) is 2. The van der Waals surface area contributed by atoms with E-state index in [1.165, 1.54) is 77.4 Å². The van der Waals surface area contributed by atoms with Crippen LogP contribution in [0.5, 0.6) is 23.0 Å². The van der Waals surface area contributed by atoms with Crippen LogP contribution in [0.15, 0.2) is 334 Å². The van der Waals surface area contributed by atoms with Gasteiger partial charge in [-0.15, -0.1) is 0 Å². The quantitative estimate of drug-likeness (QED) is 0.0360. The molecule has 4 aliphatic carbocycles. The Labute approximate surface area is 688 Å². The van der Waals surface area contributed by atoms with Crippen molar-refractivity contribution in [2.45, 2.75) is 108 Å². The van der Waals surface area contributed by atoms with Crippen molar-refractivity contribution in [2.75, 3.05) is 9.80 Å². The zero-order valence-electron chi connectivity index (χ0n) is 66.2. The highest BCUT2D eigenvalue weighted by Crippen LogP contribution is 2.63. The highest BCUT2D eigenvalue weighted by molar-refractivity contribution is 5.91. The van der Waals surface area contributed by atoms with E-state index < -0.39 is 45.8 Å². The van der Waals surface area contributed by atoms with Crippen LogP contribution in [0.2, 0.25) is 0 Å². The van der Waals surface area contributed by atoms with Crippen molar-refractivity contribution in [3.8, 4) is 45.3 Å². The van der Waals surface area contributed by atoms with Crippen LogP contribution in [-0.2, 0) is 23.7 Å². The molecule has 118 heavy (non-hydrogen) atoms. The topological polar surface area (TPSA) is 24.9 Å². The lowest BCUT2D eigenvalue weighted by Gasteiger charge is -2.43. The number of fused-ring (bicyclic) bond motifs is 6. The average molecular weight is 1560 g/mol. The maximum Gasteiger partial charge on any atom is 0.130 e. The first-order chi connectivity index (χ1) is 57.8. The van der Waals surface area contributed by atoms with E-state index in [1.54, 1.807) is 24.3 Å². The van der Waals surface area contributed by atoms with E-state index in [2.05, 4.69) is 110 Å². The van der Waals surface area contributed by atoms with E-state index >= 15 is 26.3 Å². The summed E-state index contributed by atoms with van der Waals surface area (Å²) < 4.78 is 112. The smallest absolute Gasteiger partial charge is 0.130 e. The maximum absolute atomic E-state index is 17.3. The third-order valence-corrected chi connectivity index (χ3v) is 24.3. The number of rotatable bonds is 28. The molecule has 4 nitrogen and oxygen atoms in total. The van der Waals surface area contributed by atoms with E-state index in [1.807, 2.05) is 170 Å². The second-order valence-electron chi connectivity index (χ2n) is 31.2. The van der Waals surface area contributed by atoms with Gasteiger partial charge in [0.25, 0.3) is 0 Å². The molecular weight excluding hydrogens is 1470 g/mol. The van der Waals surface area contributed by atoms with Gasteiger partial charge in [0, 0.05) is 45.5 Å². The molecule has 0 amide bonds. The predicted octanol–water partition coefficient (Wildman–Crippen LogP) is 29.7. The van der Waals surface area contributed by atoms with Crippen LogP contribution in [0.3, 0.4) is 0 Å². The fraction of sp³-hybridized carbons (Fsp3) is 0.167. The van der Waals surface area contributed by atoms with Crippen molar-refractivity contribution in [3.05, 3.63) is 442 Å². The molecule has 13 aromatic rings. The molecule has 0 heterocycles. The van der Waals surface area contributed by atoms with Crippen molar-refractivity contribution < 1.29 is 35.8 Å². The van der Waals surface area contributed by atoms with Gasteiger partial charge in [-0.25, -0.2) is 26.3 Å². The van der Waals surface area contributed by atoms with Crippen molar-refractivity contribution >= 4 is 46.0 Å². The van der Waals surface area contributed by atoms with Crippen LogP contribution in [0.1, 0.15) is 150 Å². The molecule has 0 aromatic heterocycles. The largest absolute Gasteiger partial charge is 0.457 e. The summed E-state index contributed by atoms with van der Waals surface area (Å²) in [4.78, 5) is 4.37. The standard InChI is InChI=1S/C108H90F6N2O2/c1-5-9-11-13-21-75-67-96(74-37-49-82(50-38-74)116(84-53-45-80(110)46-54-84)86-56-66-94-92-24-16-18-26-98(92)108(100(94)70-86,106-103(113)29-20-30-104(106)114)78-41-63-90(64-42-78)118-88-59-33-72(8-4)34-60-88)76(22-14-12-10-6-2)68-95(75)73-35-47-81(48-36-73)115(83-51-43-79(109)44-52-83)85-55-65-93-91-23-15-17-25-97(91)107(99(93)69-85,105-101(111)27-19-28-102(105)112)77-39-61-89(62-40-77)117-87-57-31-71(7-3)32-58-87/h7-8,15-20,23-49,51-69,82,100H,3-6,9-14,21-22,50,70H2,1-2H3. The molecule has 0 saturated heterocycles. The van der Waals surface area contributed by atoms with Gasteiger partial charge in [-0.3, -0.25) is 0 Å². The van der Waals surface area contributed by atoms with Crippen LogP contribution < -0.4 is 19.3 Å². The Balaban J connectivity index is 0.729. The number of hydrogen-bond acceptors (Lipinski definition) is 4. The van der Waals surface area contributed by atoms with Crippen molar-refractivity contribution in [1.29, 1.82) is 0 Å². The van der Waals surface area contributed by atoms with E-state index in [0.717, 1.165) is 142 Å². The number of benzene rings is 13. The molecule has 10 heteroatoms. The molecule has 0 saturated carbocycles. The minimum atomic E-state index is -1.50. The summed E-state index contributed by atoms with van der Waals surface area (Å²) in [6, 6.07) is 86.7. The van der Waals surface area contributed by atoms with E-state index in [4.69, 9.17) is 9.47 Å². The number of halogens is 6. The summed E-state index contributed by atoms with van der Waals surface area (Å²) in [6.07, 6.45) is 25.9. The summed E-state index contributed by atoms with van der Waals surface area (Å²) in [5.41, 5.74) is 16.8. The molecule has 0 fully saturated rings. The molecule has 0 aliphatic heterocycles. The summed E-state index contributed by atoms with van der Waals surface area (Å²) in [6.45, 7) is 12.2. The number of anilines is 4. The molecule has 17 rings (SSSR count). The lowest BCUT2D eigenvalue weighted by molar-refractivity contribution is 0.419. The van der Waals surface area contributed by atoms with E-state index in [0.29, 0.717) is 63.9 Å². The maximum atomic E-state index is 17.3. The second-order valence-corrected chi connectivity index (χ2v) is 31.2. The number of hydrogen-bond donors (Lipinski definition) is 0. The fourth-order valence-corrected chi connectivity index (χ4v) is 18.8. The van der Waals surface area contributed by atoms with Crippen molar-refractivity contribution in [1.82, 2.24) is 0 Å². The lowest BCUT2D eigenvalue weighted by Crippen LogP contribution is -2.40. The molecule has 586 valence electrons. The Morgan fingerprint density at radius 1 is 0.415 bits per heavy atom. The Morgan fingerprint density at radius 2 is 0.898 bits per heavy atom. The predicted molar refractivity (Wildman–Crippen MR) is 470 cm³/mol. The van der Waals surface area contributed by atoms with E-state index in [-0.39, 0.29) is 23.0 Å². The van der Waals surface area contributed by atoms with Gasteiger partial charge in [0.15, 0.2) is 0 Å². The third-order valence-electron chi connectivity index (χ3n) is 24.3. The molecule has 13 aromatic carbocycles. The van der Waals surface area contributed by atoms with Gasteiger partial charge < -0.3 is 19.3 Å². The molecule has 4 aliphatic rings. The molecule has 0 N–H and O–H groups in total. The Hall–Kier alpha value is -12.9. The molecular formula is C108H90F6N2O2. The highest BCUT2D eigenvalue weighted by atomic mass is 19.2. The first-order valence-electron chi connectivity index (χ1n) is 41.2. The van der Waals surface area contributed by atoms with Crippen LogP contribution in [0.4, 0.5) is 49.1 Å². The fourth-order valence-electron chi connectivity index (χ4n) is 18.8. The monoisotopic (exact) mass is 1560 g/mol. The number of unbranched alkanes of at least 4 members (excludes halogenated alkanes) is 6. The van der Waals surface area contributed by atoms with Crippen molar-refractivity contribution in [3.63, 3.8) is 0 Å². The van der Waals surface area contributed by atoms with Gasteiger partial charge in [0.1, 0.15) is 57.9 Å². The Morgan fingerprint density at radius 3 is 1.45 bits per heavy atom. The van der Waals surface area contributed by atoms with Crippen LogP contribution in [-0.4, -0.2) is 6.04 Å². The molecule has 4 atom stereocenters. The summed E-state index contributed by atoms with van der Waals surface area (Å²) in [7, 11) is 0. The first kappa shape index (κ1) is 77.6. The first-order valence-corrected chi connectivity index (χ1v) is 41.2. The van der Waals surface area contributed by atoms with Crippen LogP contribution in [0, 0.1) is 40.8 Å². The van der Waals surface area contributed by atoms with E-state index in [9.17, 15) is 0 Å². The number of allylic oxidation sites excluding steroid dienone is 6. The third kappa shape index (κ3) is 14.6. The summed E-state index contributed by atoms with van der Waals surface area (Å²) in [5.74, 6) is -1.55. The minimum absolute atomic E-state index is 0.0283. The second kappa shape index (κ2) is 33.7. The zero-order valence-corrected chi connectivity index (χ0v) is 66.2. The Kier molecular flexibility index (Phi) is 22.2. The molecule has 0 radical (unpaired) electrons. The van der Waals surface area contributed by atoms with Crippen molar-refractivity contribution in [2.24, 2.45) is 5.92 Å². The number of nitrogens with zero attached hydrogens (tertiary/aromatic N) is 2. The van der Waals surface area contributed by atoms with Gasteiger partial charge in [-0.2, -0.15) is 0 Å². The normalized spacial score (nSPS) is 16.8.